The lowest BCUT2D eigenvalue weighted by Crippen LogP contribution is -2.29. The van der Waals surface area contributed by atoms with E-state index in [4.69, 9.17) is 11.5 Å². The Labute approximate surface area is 115 Å². The lowest BCUT2D eigenvalue weighted by atomic mass is 10.0. The Morgan fingerprint density at radius 3 is 1.61 bits per heavy atom. The van der Waals surface area contributed by atoms with E-state index in [0.29, 0.717) is 6.04 Å². The summed E-state index contributed by atoms with van der Waals surface area (Å²) < 4.78 is 0. The predicted molar refractivity (Wildman–Crippen MR) is 82.7 cm³/mol. The van der Waals surface area contributed by atoms with Crippen molar-refractivity contribution in [3.63, 3.8) is 0 Å². The minimum Gasteiger partial charge on any atom is -0.328 e. The van der Waals surface area contributed by atoms with E-state index in [1.54, 1.807) is 0 Å². The van der Waals surface area contributed by atoms with Crippen LogP contribution in [-0.4, -0.2) is 12.1 Å². The van der Waals surface area contributed by atoms with Crippen LogP contribution >= 0.6 is 0 Å². The molecule has 2 heteroatoms. The van der Waals surface area contributed by atoms with Gasteiger partial charge in [0.2, 0.25) is 0 Å². The molecule has 0 saturated carbocycles. The van der Waals surface area contributed by atoms with Crippen LogP contribution in [0.25, 0.3) is 0 Å². The molecule has 2 unspecified atom stereocenters. The van der Waals surface area contributed by atoms with Gasteiger partial charge in [0.25, 0.3) is 0 Å². The zero-order valence-electron chi connectivity index (χ0n) is 12.8. The van der Waals surface area contributed by atoms with Crippen molar-refractivity contribution in [2.45, 2.75) is 103 Å². The average molecular weight is 256 g/mol. The molecule has 110 valence electrons. The Morgan fingerprint density at radius 1 is 0.722 bits per heavy atom. The van der Waals surface area contributed by atoms with E-state index in [1.165, 1.54) is 64.2 Å². The van der Waals surface area contributed by atoms with Crippen LogP contribution in [0.3, 0.4) is 0 Å². The smallest absolute Gasteiger partial charge is 0.00534 e. The van der Waals surface area contributed by atoms with Crippen molar-refractivity contribution in [2.75, 3.05) is 0 Å². The number of unbranched alkanes of at least 4 members (excludes halogenated alkanes) is 9. The van der Waals surface area contributed by atoms with E-state index in [0.717, 1.165) is 12.8 Å². The maximum atomic E-state index is 6.00. The van der Waals surface area contributed by atoms with Gasteiger partial charge in [-0.05, 0) is 19.8 Å². The summed E-state index contributed by atoms with van der Waals surface area (Å²) in [5.74, 6) is 0. The molecule has 0 aromatic carbocycles. The van der Waals surface area contributed by atoms with Gasteiger partial charge in [-0.25, -0.2) is 0 Å². The number of rotatable bonds is 13. The molecule has 0 amide bonds. The first-order valence-corrected chi connectivity index (χ1v) is 8.18. The second-order valence-electron chi connectivity index (χ2n) is 5.94. The van der Waals surface area contributed by atoms with Gasteiger partial charge in [0.15, 0.2) is 0 Å². The van der Waals surface area contributed by atoms with Gasteiger partial charge in [0, 0.05) is 12.1 Å². The molecule has 2 nitrogen and oxygen atoms in total. The molecule has 0 aliphatic carbocycles. The summed E-state index contributed by atoms with van der Waals surface area (Å²) in [6.45, 7) is 4.31. The Kier molecular flexibility index (Phi) is 13.3. The topological polar surface area (TPSA) is 52.0 Å². The van der Waals surface area contributed by atoms with Gasteiger partial charge in [-0.1, -0.05) is 71.1 Å². The van der Waals surface area contributed by atoms with E-state index in [-0.39, 0.29) is 6.04 Å². The van der Waals surface area contributed by atoms with Gasteiger partial charge < -0.3 is 11.5 Å². The van der Waals surface area contributed by atoms with Gasteiger partial charge >= 0.3 is 0 Å². The first kappa shape index (κ1) is 17.9. The normalized spacial score (nSPS) is 14.7. The third kappa shape index (κ3) is 14.0. The van der Waals surface area contributed by atoms with Crippen LogP contribution in [0.4, 0.5) is 0 Å². The van der Waals surface area contributed by atoms with Crippen molar-refractivity contribution in [3.8, 4) is 0 Å². The quantitative estimate of drug-likeness (QED) is 0.481. The van der Waals surface area contributed by atoms with Gasteiger partial charge in [0.1, 0.15) is 0 Å². The maximum absolute atomic E-state index is 6.00. The third-order valence-corrected chi connectivity index (χ3v) is 3.60. The molecule has 0 bridgehead atoms. The summed E-state index contributed by atoms with van der Waals surface area (Å²) in [6, 6.07) is 0.571. The largest absolute Gasteiger partial charge is 0.328 e. The summed E-state index contributed by atoms with van der Waals surface area (Å²) in [4.78, 5) is 0. The molecular weight excluding hydrogens is 220 g/mol. The number of hydrogen-bond acceptors (Lipinski definition) is 2. The maximum Gasteiger partial charge on any atom is 0.00534 e. The van der Waals surface area contributed by atoms with E-state index >= 15 is 0 Å². The molecule has 0 fully saturated rings. The molecule has 18 heavy (non-hydrogen) atoms. The highest BCUT2D eigenvalue weighted by Crippen LogP contribution is 2.12. The fourth-order valence-electron chi connectivity index (χ4n) is 2.49. The molecule has 0 spiro atoms. The SMILES string of the molecule is CCCCCCCCCCCCC(N)CC(C)N. The summed E-state index contributed by atoms with van der Waals surface area (Å²) in [5, 5.41) is 0. The fraction of sp³-hybridized carbons (Fsp3) is 1.00. The second kappa shape index (κ2) is 13.4. The highest BCUT2D eigenvalue weighted by molar-refractivity contribution is 4.66. The number of hydrogen-bond donors (Lipinski definition) is 2. The lowest BCUT2D eigenvalue weighted by Gasteiger charge is -2.13. The highest BCUT2D eigenvalue weighted by Gasteiger charge is 2.04. The molecule has 0 saturated heterocycles. The third-order valence-electron chi connectivity index (χ3n) is 3.60. The van der Waals surface area contributed by atoms with Gasteiger partial charge in [-0.3, -0.25) is 0 Å². The van der Waals surface area contributed by atoms with E-state index < -0.39 is 0 Å². The molecule has 2 atom stereocenters. The zero-order chi connectivity index (χ0) is 13.6. The van der Waals surface area contributed by atoms with Crippen molar-refractivity contribution in [2.24, 2.45) is 11.5 Å². The Bertz CT molecular complexity index is 157. The van der Waals surface area contributed by atoms with E-state index in [9.17, 15) is 0 Å². The minimum atomic E-state index is 0.253. The monoisotopic (exact) mass is 256 g/mol. The summed E-state index contributed by atoms with van der Waals surface area (Å²) >= 11 is 0. The lowest BCUT2D eigenvalue weighted by molar-refractivity contribution is 0.480. The van der Waals surface area contributed by atoms with Crippen LogP contribution in [0.5, 0.6) is 0 Å². The predicted octanol–water partition coefficient (Wildman–Crippen LogP) is 4.36. The van der Waals surface area contributed by atoms with Crippen molar-refractivity contribution < 1.29 is 0 Å². The first-order valence-electron chi connectivity index (χ1n) is 8.18. The molecule has 4 N–H and O–H groups in total. The standard InChI is InChI=1S/C16H36N2/c1-3-4-5-6-7-8-9-10-11-12-13-16(18)14-15(2)17/h15-16H,3-14,17-18H2,1-2H3. The Balaban J connectivity index is 3.07. The molecule has 0 aliphatic rings. The minimum absolute atomic E-state index is 0.253. The Hall–Kier alpha value is -0.0800. The fourth-order valence-corrected chi connectivity index (χ4v) is 2.49. The second-order valence-corrected chi connectivity index (χ2v) is 5.94. The molecule has 0 rings (SSSR count). The zero-order valence-corrected chi connectivity index (χ0v) is 12.8. The van der Waals surface area contributed by atoms with Crippen LogP contribution in [0.2, 0.25) is 0 Å². The van der Waals surface area contributed by atoms with Gasteiger partial charge in [-0.2, -0.15) is 0 Å². The molecule has 0 aromatic rings. The summed E-state index contributed by atoms with van der Waals surface area (Å²) in [6.07, 6.45) is 16.0. The van der Waals surface area contributed by atoms with Crippen LogP contribution in [0.1, 0.15) is 90.9 Å². The molecular formula is C16H36N2. The summed E-state index contributed by atoms with van der Waals surface area (Å²) in [7, 11) is 0. The van der Waals surface area contributed by atoms with Gasteiger partial charge in [-0.15, -0.1) is 0 Å². The highest BCUT2D eigenvalue weighted by atomic mass is 14.7. The Morgan fingerprint density at radius 2 is 1.17 bits per heavy atom. The van der Waals surface area contributed by atoms with Crippen molar-refractivity contribution in [1.82, 2.24) is 0 Å². The van der Waals surface area contributed by atoms with Crippen molar-refractivity contribution >= 4 is 0 Å². The van der Waals surface area contributed by atoms with Crippen molar-refractivity contribution in [1.29, 1.82) is 0 Å². The van der Waals surface area contributed by atoms with Crippen LogP contribution in [0, 0.1) is 0 Å². The van der Waals surface area contributed by atoms with Crippen LogP contribution in [-0.2, 0) is 0 Å². The first-order chi connectivity index (χ1) is 8.66. The molecule has 0 aliphatic heterocycles. The van der Waals surface area contributed by atoms with Crippen molar-refractivity contribution in [3.05, 3.63) is 0 Å². The molecule has 0 aromatic heterocycles. The van der Waals surface area contributed by atoms with Crippen LogP contribution in [0.15, 0.2) is 0 Å². The summed E-state index contributed by atoms with van der Waals surface area (Å²) in [5.41, 5.74) is 11.7. The molecule has 0 radical (unpaired) electrons. The van der Waals surface area contributed by atoms with E-state index in [1.807, 2.05) is 6.92 Å². The average Bonchev–Trinajstić information content (AvgIpc) is 2.30. The number of nitrogens with two attached hydrogens (primary N) is 2. The van der Waals surface area contributed by atoms with Gasteiger partial charge in [0.05, 0.1) is 0 Å². The van der Waals surface area contributed by atoms with E-state index in [2.05, 4.69) is 6.92 Å². The van der Waals surface area contributed by atoms with Crippen LogP contribution < -0.4 is 11.5 Å². The molecule has 0 heterocycles.